The molecular formula is C11H24S. The number of hydrogen-bond donors (Lipinski definition) is 0. The Morgan fingerprint density at radius 2 is 1.67 bits per heavy atom. The zero-order chi connectivity index (χ0) is 9.56. The molecule has 3 unspecified atom stereocenters. The summed E-state index contributed by atoms with van der Waals surface area (Å²) in [5.74, 6) is 0.870. The lowest BCUT2D eigenvalue weighted by Crippen LogP contribution is -2.12. The van der Waals surface area contributed by atoms with Crippen molar-refractivity contribution in [1.82, 2.24) is 0 Å². The van der Waals surface area contributed by atoms with E-state index in [0.717, 1.165) is 16.4 Å². The van der Waals surface area contributed by atoms with Gasteiger partial charge in [-0.1, -0.05) is 47.5 Å². The molecule has 0 aliphatic heterocycles. The highest BCUT2D eigenvalue weighted by atomic mass is 32.2. The largest absolute Gasteiger partial charge is 0.155 e. The average Bonchev–Trinajstić information content (AvgIpc) is 2.03. The van der Waals surface area contributed by atoms with Crippen LogP contribution in [0, 0.1) is 5.92 Å². The highest BCUT2D eigenvalue weighted by Crippen LogP contribution is 2.27. The van der Waals surface area contributed by atoms with E-state index in [0.29, 0.717) is 0 Å². The molecule has 0 bridgehead atoms. The van der Waals surface area contributed by atoms with Crippen molar-refractivity contribution in [3.8, 4) is 0 Å². The molecule has 0 saturated carbocycles. The third-order valence-electron chi connectivity index (χ3n) is 2.59. The molecule has 0 spiro atoms. The maximum atomic E-state index is 2.37. The molecule has 0 aliphatic rings. The van der Waals surface area contributed by atoms with E-state index >= 15 is 0 Å². The van der Waals surface area contributed by atoms with Crippen LogP contribution in [0.2, 0.25) is 0 Å². The lowest BCUT2D eigenvalue weighted by molar-refractivity contribution is 0.555. The van der Waals surface area contributed by atoms with Gasteiger partial charge >= 0.3 is 0 Å². The fourth-order valence-electron chi connectivity index (χ4n) is 1.31. The molecular weight excluding hydrogens is 164 g/mol. The minimum atomic E-state index is 0.830. The van der Waals surface area contributed by atoms with Crippen molar-refractivity contribution in [2.45, 2.75) is 64.4 Å². The summed E-state index contributed by atoms with van der Waals surface area (Å²) in [4.78, 5) is 0. The molecule has 12 heavy (non-hydrogen) atoms. The van der Waals surface area contributed by atoms with Crippen LogP contribution in [0.5, 0.6) is 0 Å². The minimum Gasteiger partial charge on any atom is -0.155 e. The van der Waals surface area contributed by atoms with E-state index in [9.17, 15) is 0 Å². The first-order valence-corrected chi connectivity index (χ1v) is 6.21. The van der Waals surface area contributed by atoms with Gasteiger partial charge in [0.1, 0.15) is 0 Å². The summed E-state index contributed by atoms with van der Waals surface area (Å²) in [6.45, 7) is 11.6. The number of thioether (sulfide) groups is 1. The van der Waals surface area contributed by atoms with Crippen molar-refractivity contribution in [2.75, 3.05) is 0 Å². The summed E-state index contributed by atoms with van der Waals surface area (Å²) in [5.41, 5.74) is 0. The molecule has 0 rings (SSSR count). The maximum Gasteiger partial charge on any atom is 0.00469 e. The Balaban J connectivity index is 3.59. The van der Waals surface area contributed by atoms with Gasteiger partial charge in [0.2, 0.25) is 0 Å². The molecule has 0 radical (unpaired) electrons. The molecule has 0 amide bonds. The summed E-state index contributed by atoms with van der Waals surface area (Å²) in [7, 11) is 0. The lowest BCUT2D eigenvalue weighted by Gasteiger charge is -2.21. The van der Waals surface area contributed by atoms with E-state index in [4.69, 9.17) is 0 Å². The van der Waals surface area contributed by atoms with Gasteiger partial charge in [0.25, 0.3) is 0 Å². The highest BCUT2D eigenvalue weighted by Gasteiger charge is 2.13. The van der Waals surface area contributed by atoms with Gasteiger partial charge < -0.3 is 0 Å². The van der Waals surface area contributed by atoms with Crippen LogP contribution in [0.3, 0.4) is 0 Å². The fourth-order valence-corrected chi connectivity index (χ4v) is 2.87. The Hall–Kier alpha value is 0.350. The van der Waals surface area contributed by atoms with Crippen molar-refractivity contribution in [3.63, 3.8) is 0 Å². The highest BCUT2D eigenvalue weighted by molar-refractivity contribution is 8.00. The summed E-state index contributed by atoms with van der Waals surface area (Å²) >= 11 is 2.16. The molecule has 0 fully saturated rings. The van der Waals surface area contributed by atoms with Crippen LogP contribution in [0.15, 0.2) is 0 Å². The standard InChI is InChI=1S/C11H24S/c1-6-8-10(4)12-11(5)9(3)7-2/h9-11H,6-8H2,1-5H3. The number of hydrogen-bond acceptors (Lipinski definition) is 1. The Labute approximate surface area is 82.5 Å². The lowest BCUT2D eigenvalue weighted by atomic mass is 10.1. The van der Waals surface area contributed by atoms with Crippen LogP contribution in [0.1, 0.15) is 53.9 Å². The summed E-state index contributed by atoms with van der Waals surface area (Å²) in [6, 6.07) is 0. The second-order valence-electron chi connectivity index (χ2n) is 3.83. The molecule has 0 aromatic rings. The van der Waals surface area contributed by atoms with Crippen LogP contribution in [-0.2, 0) is 0 Å². The van der Waals surface area contributed by atoms with Gasteiger partial charge in [0.15, 0.2) is 0 Å². The molecule has 0 aromatic carbocycles. The second-order valence-corrected chi connectivity index (χ2v) is 5.65. The van der Waals surface area contributed by atoms with Gasteiger partial charge in [0.05, 0.1) is 0 Å². The van der Waals surface area contributed by atoms with Crippen molar-refractivity contribution >= 4 is 11.8 Å². The van der Waals surface area contributed by atoms with Crippen molar-refractivity contribution in [3.05, 3.63) is 0 Å². The first kappa shape index (κ1) is 12.3. The Morgan fingerprint density at radius 3 is 2.08 bits per heavy atom. The van der Waals surface area contributed by atoms with E-state index in [1.165, 1.54) is 19.3 Å². The Kier molecular flexibility index (Phi) is 7.02. The zero-order valence-corrected chi connectivity index (χ0v) is 10.1. The summed E-state index contributed by atoms with van der Waals surface area (Å²) < 4.78 is 0. The normalized spacial score (nSPS) is 18.8. The van der Waals surface area contributed by atoms with Gasteiger partial charge in [-0.3, -0.25) is 0 Å². The maximum absolute atomic E-state index is 2.37. The van der Waals surface area contributed by atoms with Crippen LogP contribution < -0.4 is 0 Å². The first-order valence-electron chi connectivity index (χ1n) is 5.27. The monoisotopic (exact) mass is 188 g/mol. The van der Waals surface area contributed by atoms with E-state index in [-0.39, 0.29) is 0 Å². The number of rotatable bonds is 6. The molecule has 0 saturated heterocycles. The molecule has 3 atom stereocenters. The van der Waals surface area contributed by atoms with Crippen LogP contribution in [0.4, 0.5) is 0 Å². The molecule has 0 aliphatic carbocycles. The minimum absolute atomic E-state index is 0.830. The topological polar surface area (TPSA) is 0 Å². The summed E-state index contributed by atoms with van der Waals surface area (Å²) in [6.07, 6.45) is 4.00. The third-order valence-corrected chi connectivity index (χ3v) is 4.18. The third kappa shape index (κ3) is 5.08. The van der Waals surface area contributed by atoms with Gasteiger partial charge in [-0.2, -0.15) is 11.8 Å². The molecule has 74 valence electrons. The predicted octanol–water partition coefficient (Wildman–Crippen LogP) is 4.34. The van der Waals surface area contributed by atoms with Crippen LogP contribution in [-0.4, -0.2) is 10.5 Å². The van der Waals surface area contributed by atoms with Gasteiger partial charge in [0, 0.05) is 10.5 Å². The van der Waals surface area contributed by atoms with Crippen molar-refractivity contribution < 1.29 is 0 Å². The van der Waals surface area contributed by atoms with Gasteiger partial charge in [-0.15, -0.1) is 0 Å². The van der Waals surface area contributed by atoms with Gasteiger partial charge in [-0.05, 0) is 12.3 Å². The molecule has 0 N–H and O–H groups in total. The van der Waals surface area contributed by atoms with Crippen molar-refractivity contribution in [1.29, 1.82) is 0 Å². The Bertz CT molecular complexity index is 101. The SMILES string of the molecule is CCCC(C)SC(C)C(C)CC. The quantitative estimate of drug-likeness (QED) is 0.597. The molecule has 0 nitrogen and oxygen atoms in total. The van der Waals surface area contributed by atoms with Gasteiger partial charge in [-0.25, -0.2) is 0 Å². The predicted molar refractivity (Wildman–Crippen MR) is 60.9 cm³/mol. The van der Waals surface area contributed by atoms with E-state index < -0.39 is 0 Å². The average molecular weight is 188 g/mol. The fraction of sp³-hybridized carbons (Fsp3) is 1.00. The van der Waals surface area contributed by atoms with E-state index in [1.54, 1.807) is 0 Å². The molecule has 0 aromatic heterocycles. The smallest absolute Gasteiger partial charge is 0.00469 e. The van der Waals surface area contributed by atoms with E-state index in [1.807, 2.05) is 0 Å². The van der Waals surface area contributed by atoms with Crippen molar-refractivity contribution in [2.24, 2.45) is 5.92 Å². The first-order chi connectivity index (χ1) is 5.61. The van der Waals surface area contributed by atoms with Crippen LogP contribution >= 0.6 is 11.8 Å². The van der Waals surface area contributed by atoms with E-state index in [2.05, 4.69) is 46.4 Å². The molecule has 0 heterocycles. The summed E-state index contributed by atoms with van der Waals surface area (Å²) in [5, 5.41) is 1.68. The molecule has 1 heteroatoms. The van der Waals surface area contributed by atoms with Crippen LogP contribution in [0.25, 0.3) is 0 Å². The Morgan fingerprint density at radius 1 is 1.08 bits per heavy atom. The zero-order valence-electron chi connectivity index (χ0n) is 9.26. The second kappa shape index (κ2) is 6.82.